The summed E-state index contributed by atoms with van der Waals surface area (Å²) in [6.45, 7) is 4.43. The van der Waals surface area contributed by atoms with Gasteiger partial charge in [0.25, 0.3) is 0 Å². The average Bonchev–Trinajstić information content (AvgIpc) is 3.54. The number of carbonyl (C=O) groups excluding carboxylic acids is 1. The van der Waals surface area contributed by atoms with Crippen LogP contribution in [0.1, 0.15) is 47.7 Å². The number of carbonyl (C=O) groups is 1. The topological polar surface area (TPSA) is 78.3 Å². The molecule has 0 spiro atoms. The van der Waals surface area contributed by atoms with Gasteiger partial charge in [-0.05, 0) is 73.6 Å². The molecule has 1 N–H and O–H groups in total. The van der Waals surface area contributed by atoms with E-state index in [0.29, 0.717) is 24.5 Å². The second-order valence-electron chi connectivity index (χ2n) is 10.8. The van der Waals surface area contributed by atoms with E-state index in [9.17, 15) is 9.18 Å². The van der Waals surface area contributed by atoms with Crippen molar-refractivity contribution in [2.24, 2.45) is 5.92 Å². The molecule has 7 nitrogen and oxygen atoms in total. The Kier molecular flexibility index (Phi) is 8.90. The van der Waals surface area contributed by atoms with E-state index in [1.54, 1.807) is 27.3 Å². The van der Waals surface area contributed by atoms with E-state index in [4.69, 9.17) is 14.6 Å². The van der Waals surface area contributed by atoms with E-state index in [2.05, 4.69) is 10.3 Å². The summed E-state index contributed by atoms with van der Waals surface area (Å²) in [6.07, 6.45) is 4.13. The molecular formula is C33H37FN4O3. The van der Waals surface area contributed by atoms with Crippen LogP contribution in [0.15, 0.2) is 66.9 Å². The second-order valence-corrected chi connectivity index (χ2v) is 10.8. The Morgan fingerprint density at radius 3 is 2.59 bits per heavy atom. The molecule has 41 heavy (non-hydrogen) atoms. The van der Waals surface area contributed by atoms with E-state index in [1.807, 2.05) is 66.2 Å². The van der Waals surface area contributed by atoms with E-state index < -0.39 is 0 Å². The van der Waals surface area contributed by atoms with Gasteiger partial charge >= 0.3 is 0 Å². The maximum absolute atomic E-state index is 14.0. The highest BCUT2D eigenvalue weighted by Gasteiger charge is 2.36. The molecule has 1 aliphatic rings. The number of rotatable bonds is 11. The van der Waals surface area contributed by atoms with Gasteiger partial charge in [-0.3, -0.25) is 4.79 Å². The molecule has 5 rings (SSSR count). The first-order valence-corrected chi connectivity index (χ1v) is 14.0. The summed E-state index contributed by atoms with van der Waals surface area (Å²) in [5, 5.41) is 8.64. The zero-order valence-electron chi connectivity index (χ0n) is 24.1. The number of methoxy groups -OCH3 is 2. The number of benzene rings is 2. The summed E-state index contributed by atoms with van der Waals surface area (Å²) < 4.78 is 26.5. The molecule has 3 atom stereocenters. The van der Waals surface area contributed by atoms with Crippen molar-refractivity contribution in [3.63, 3.8) is 0 Å². The number of ether oxygens (including phenoxy) is 2. The number of aromatic nitrogens is 3. The minimum absolute atomic E-state index is 0.0267. The number of hydrogen-bond acceptors (Lipinski definition) is 6. The smallest absolute Gasteiger partial charge is 0.212 e. The molecule has 1 saturated heterocycles. The molecule has 4 aromatic rings. The molecule has 0 aliphatic carbocycles. The summed E-state index contributed by atoms with van der Waals surface area (Å²) in [6, 6.07) is 19.1. The van der Waals surface area contributed by atoms with Crippen LogP contribution in [0.5, 0.6) is 5.88 Å². The van der Waals surface area contributed by atoms with Gasteiger partial charge in [0.2, 0.25) is 5.88 Å². The molecular weight excluding hydrogens is 519 g/mol. The van der Waals surface area contributed by atoms with Gasteiger partial charge < -0.3 is 14.8 Å². The molecule has 0 radical (unpaired) electrons. The molecule has 3 heterocycles. The highest BCUT2D eigenvalue weighted by atomic mass is 19.1. The highest BCUT2D eigenvalue weighted by Crippen LogP contribution is 2.37. The van der Waals surface area contributed by atoms with Crippen LogP contribution >= 0.6 is 0 Å². The Balaban J connectivity index is 1.42. The quantitative estimate of drug-likeness (QED) is 0.246. The van der Waals surface area contributed by atoms with Crippen LogP contribution < -0.4 is 10.1 Å². The monoisotopic (exact) mass is 556 g/mol. The van der Waals surface area contributed by atoms with Gasteiger partial charge in [-0.2, -0.15) is 5.10 Å². The minimum Gasteiger partial charge on any atom is -0.481 e. The van der Waals surface area contributed by atoms with E-state index in [-0.39, 0.29) is 36.0 Å². The van der Waals surface area contributed by atoms with E-state index >= 15 is 0 Å². The van der Waals surface area contributed by atoms with Crippen LogP contribution in [0.25, 0.3) is 16.9 Å². The number of halogens is 1. The lowest BCUT2D eigenvalue weighted by atomic mass is 9.87. The van der Waals surface area contributed by atoms with Gasteiger partial charge in [-0.1, -0.05) is 30.3 Å². The maximum Gasteiger partial charge on any atom is 0.212 e. The molecule has 8 heteroatoms. The van der Waals surface area contributed by atoms with Gasteiger partial charge in [0, 0.05) is 56.5 Å². The summed E-state index contributed by atoms with van der Waals surface area (Å²) in [7, 11) is 3.29. The van der Waals surface area contributed by atoms with Crippen LogP contribution in [0, 0.1) is 25.6 Å². The van der Waals surface area contributed by atoms with Crippen molar-refractivity contribution in [2.45, 2.75) is 51.6 Å². The molecule has 2 aromatic heterocycles. The van der Waals surface area contributed by atoms with Crippen molar-refractivity contribution >= 4 is 5.78 Å². The zero-order chi connectivity index (χ0) is 28.9. The lowest BCUT2D eigenvalue weighted by Crippen LogP contribution is -2.26. The maximum atomic E-state index is 14.0. The fraction of sp³-hybridized carbons (Fsp3) is 0.364. The predicted octanol–water partition coefficient (Wildman–Crippen LogP) is 5.96. The third kappa shape index (κ3) is 6.39. The number of nitrogens with one attached hydrogen (secondary N) is 1. The Hall–Kier alpha value is -3.88. The largest absolute Gasteiger partial charge is 0.481 e. The molecule has 0 saturated carbocycles. The van der Waals surface area contributed by atoms with Gasteiger partial charge in [0.05, 0.1) is 24.2 Å². The molecule has 1 aliphatic heterocycles. The summed E-state index contributed by atoms with van der Waals surface area (Å²) in [4.78, 5) is 18.1. The van der Waals surface area contributed by atoms with Gasteiger partial charge in [0.1, 0.15) is 11.6 Å². The lowest BCUT2D eigenvalue weighted by Gasteiger charge is -2.20. The minimum atomic E-state index is -0.220. The van der Waals surface area contributed by atoms with Crippen LogP contribution in [0.2, 0.25) is 0 Å². The van der Waals surface area contributed by atoms with Crippen molar-refractivity contribution in [2.75, 3.05) is 20.8 Å². The van der Waals surface area contributed by atoms with Crippen molar-refractivity contribution < 1.29 is 18.7 Å². The summed E-state index contributed by atoms with van der Waals surface area (Å²) >= 11 is 0. The first-order chi connectivity index (χ1) is 19.9. The molecule has 214 valence electrons. The van der Waals surface area contributed by atoms with E-state index in [1.165, 1.54) is 6.07 Å². The van der Waals surface area contributed by atoms with Gasteiger partial charge in [-0.25, -0.2) is 14.1 Å². The molecule has 0 bridgehead atoms. The zero-order valence-corrected chi connectivity index (χ0v) is 24.1. The van der Waals surface area contributed by atoms with Gasteiger partial charge in [-0.15, -0.1) is 0 Å². The normalized spacial score (nSPS) is 18.5. The number of Topliss-reactive ketones (excluding diaryl/α,β-unsaturated/α-hetero) is 1. The van der Waals surface area contributed by atoms with E-state index in [0.717, 1.165) is 46.6 Å². The number of ketones is 1. The molecule has 0 unspecified atom stereocenters. The highest BCUT2D eigenvalue weighted by molar-refractivity contribution is 5.82. The Labute approximate surface area is 240 Å². The number of pyridine rings is 1. The summed E-state index contributed by atoms with van der Waals surface area (Å²) in [5.74, 6) is 0.549. The Bertz CT molecular complexity index is 1490. The molecule has 0 amide bonds. The van der Waals surface area contributed by atoms with Crippen molar-refractivity contribution in [1.82, 2.24) is 20.1 Å². The number of para-hydroxylation sites is 1. The Morgan fingerprint density at radius 2 is 1.90 bits per heavy atom. The molecule has 2 aromatic carbocycles. The SMILES string of the molecule is COCC[C@@H]1C[C@@H](CC(=O)Cc2c(C)c(-c3ccc(OC)nc3)nn2-c2ccccc2)[C@H](c2ccc(F)c(C)c2)N1. The third-order valence-electron chi connectivity index (χ3n) is 8.00. The van der Waals surface area contributed by atoms with Crippen LogP contribution in [-0.4, -0.2) is 47.4 Å². The first-order valence-electron chi connectivity index (χ1n) is 14.0. The fourth-order valence-electron chi connectivity index (χ4n) is 5.84. The van der Waals surface area contributed by atoms with Crippen LogP contribution in [0.4, 0.5) is 4.39 Å². The van der Waals surface area contributed by atoms with Crippen molar-refractivity contribution in [3.8, 4) is 22.8 Å². The third-order valence-corrected chi connectivity index (χ3v) is 8.00. The summed E-state index contributed by atoms with van der Waals surface area (Å²) in [5.41, 5.74) is 5.98. The predicted molar refractivity (Wildman–Crippen MR) is 157 cm³/mol. The lowest BCUT2D eigenvalue weighted by molar-refractivity contribution is -0.119. The second kappa shape index (κ2) is 12.7. The fourth-order valence-corrected chi connectivity index (χ4v) is 5.84. The van der Waals surface area contributed by atoms with Gasteiger partial charge in [0.15, 0.2) is 0 Å². The van der Waals surface area contributed by atoms with Crippen molar-refractivity contribution in [1.29, 1.82) is 0 Å². The number of nitrogens with zero attached hydrogens (tertiary/aromatic N) is 3. The number of hydrogen-bond donors (Lipinski definition) is 1. The standard InChI is InChI=1S/C33H37FN4O3/c1-21-16-23(10-12-29(21)34)33-25(17-26(36-33)14-15-40-3)18-28(39)19-30-22(2)32(24-11-13-31(41-4)35-20-24)37-38(30)27-8-6-5-7-9-27/h5-13,16,20,25-26,33,36H,14-15,17-19H2,1-4H3/t25-,26+,33-/m0/s1. The van der Waals surface area contributed by atoms with Crippen LogP contribution in [0.3, 0.4) is 0 Å². The number of aryl methyl sites for hydroxylation is 1. The van der Waals surface area contributed by atoms with Crippen LogP contribution in [-0.2, 0) is 16.0 Å². The first kappa shape index (κ1) is 28.6. The molecule has 1 fully saturated rings. The average molecular weight is 557 g/mol. The Morgan fingerprint density at radius 1 is 1.10 bits per heavy atom. The van der Waals surface area contributed by atoms with Crippen molar-refractivity contribution in [3.05, 3.63) is 95.1 Å².